The molecule has 6 rings (SSSR count). The molecule has 2 N–H and O–H groups in total. The van der Waals surface area contributed by atoms with Crippen LogP contribution in [0.15, 0.2) is 72.9 Å². The third kappa shape index (κ3) is 6.11. The van der Waals surface area contributed by atoms with Crippen LogP contribution < -0.4 is 10.5 Å². The van der Waals surface area contributed by atoms with Crippen molar-refractivity contribution >= 4 is 22.8 Å². The van der Waals surface area contributed by atoms with Crippen LogP contribution in [0, 0.1) is 5.92 Å². The smallest absolute Gasteiger partial charge is 0.259 e. The van der Waals surface area contributed by atoms with Gasteiger partial charge in [0, 0.05) is 64.6 Å². The number of para-hydroxylation sites is 3. The summed E-state index contributed by atoms with van der Waals surface area (Å²) in [5, 5.41) is 0. The largest absolute Gasteiger partial charge is 0.438 e. The van der Waals surface area contributed by atoms with E-state index >= 15 is 0 Å². The van der Waals surface area contributed by atoms with E-state index in [4.69, 9.17) is 20.2 Å². The summed E-state index contributed by atoms with van der Waals surface area (Å²) in [6.07, 6.45) is 4.33. The number of carbonyl (C=O) groups excluding carboxylic acids is 2. The van der Waals surface area contributed by atoms with Crippen molar-refractivity contribution in [3.05, 3.63) is 84.3 Å². The van der Waals surface area contributed by atoms with Gasteiger partial charge in [-0.15, -0.1) is 0 Å². The molecule has 4 aromatic rings. The Morgan fingerprint density at radius 2 is 1.79 bits per heavy atom. The van der Waals surface area contributed by atoms with Crippen molar-refractivity contribution in [1.29, 1.82) is 0 Å². The predicted octanol–water partition coefficient (Wildman–Crippen LogP) is 4.07. The zero-order valence-corrected chi connectivity index (χ0v) is 24.5. The van der Waals surface area contributed by atoms with E-state index in [1.165, 1.54) is 0 Å². The molecule has 10 heteroatoms. The van der Waals surface area contributed by atoms with E-state index in [2.05, 4.69) is 15.6 Å². The molecule has 10 nitrogen and oxygen atoms in total. The number of imidazole rings is 1. The second-order valence-electron chi connectivity index (χ2n) is 11.3. The Morgan fingerprint density at radius 3 is 2.63 bits per heavy atom. The van der Waals surface area contributed by atoms with Crippen LogP contribution in [0.3, 0.4) is 0 Å². The highest BCUT2D eigenvalue weighted by molar-refractivity contribution is 5.97. The number of fused-ring (bicyclic) bond motifs is 1. The molecular formula is C33H38N6O4. The number of benzene rings is 2. The molecule has 2 amide bonds. The monoisotopic (exact) mass is 582 g/mol. The Balaban J connectivity index is 1.16. The zero-order valence-electron chi connectivity index (χ0n) is 24.5. The summed E-state index contributed by atoms with van der Waals surface area (Å²) < 4.78 is 13.5. The minimum Gasteiger partial charge on any atom is -0.438 e. The van der Waals surface area contributed by atoms with Crippen LogP contribution in [0.5, 0.6) is 11.6 Å². The average molecular weight is 583 g/mol. The van der Waals surface area contributed by atoms with Gasteiger partial charge in [0.1, 0.15) is 17.1 Å². The maximum atomic E-state index is 13.9. The fraction of sp³-hybridized carbons (Fsp3) is 0.394. The van der Waals surface area contributed by atoms with Crippen LogP contribution in [-0.2, 0) is 16.1 Å². The van der Waals surface area contributed by atoms with Crippen molar-refractivity contribution in [2.45, 2.75) is 37.8 Å². The molecule has 2 saturated heterocycles. The number of methoxy groups -OCH3 is 1. The predicted molar refractivity (Wildman–Crippen MR) is 163 cm³/mol. The number of piperidine rings is 1. The molecule has 224 valence electrons. The first-order valence-electron chi connectivity index (χ1n) is 15.0. The molecule has 2 aliphatic heterocycles. The Hall–Kier alpha value is -4.28. The number of nitrogens with zero attached hydrogens (tertiary/aromatic N) is 5. The molecule has 0 bridgehead atoms. The molecule has 2 aromatic carbocycles. The number of nitrogens with two attached hydrogens (primary N) is 1. The number of hydrogen-bond acceptors (Lipinski definition) is 7. The standard InChI is InChI=1S/C33H38N6O4/c1-42-19-9-18-39-29-15-6-5-14-28(29)36-30(39)23-10-8-17-37(20-23)33(41)26-21-38(22-27(26)34)32(40)25-13-7-16-35-31(25)43-24-11-3-2-4-12-24/h2-7,11-16,23,26-27H,8-10,17-22,34H2,1H3/t23?,26-,27-/m1/s1. The molecule has 3 atom stereocenters. The molecule has 4 heterocycles. The molecule has 2 fully saturated rings. The lowest BCUT2D eigenvalue weighted by Gasteiger charge is -2.35. The fourth-order valence-corrected chi connectivity index (χ4v) is 6.29. The van der Waals surface area contributed by atoms with Gasteiger partial charge >= 0.3 is 0 Å². The van der Waals surface area contributed by atoms with Crippen molar-refractivity contribution in [3.8, 4) is 11.6 Å². The number of likely N-dealkylation sites (tertiary alicyclic amines) is 2. The molecule has 2 aliphatic rings. The van der Waals surface area contributed by atoms with Crippen molar-refractivity contribution < 1.29 is 19.1 Å². The summed E-state index contributed by atoms with van der Waals surface area (Å²) in [4.78, 5) is 40.4. The van der Waals surface area contributed by atoms with Gasteiger partial charge in [-0.1, -0.05) is 30.3 Å². The van der Waals surface area contributed by atoms with E-state index in [9.17, 15) is 9.59 Å². The van der Waals surface area contributed by atoms with Crippen LogP contribution in [0.4, 0.5) is 0 Å². The Kier molecular flexibility index (Phi) is 8.67. The van der Waals surface area contributed by atoms with Crippen molar-refractivity contribution in [3.63, 3.8) is 0 Å². The molecule has 0 aliphatic carbocycles. The SMILES string of the molecule is COCCCn1c(C2CCCN(C(=O)[C@@H]3CN(C(=O)c4cccnc4Oc4ccccc4)C[C@H]3N)C2)nc2ccccc21. The summed E-state index contributed by atoms with van der Waals surface area (Å²) in [7, 11) is 1.72. The van der Waals surface area contributed by atoms with Crippen molar-refractivity contribution in [1.82, 2.24) is 24.3 Å². The Morgan fingerprint density at radius 1 is 0.977 bits per heavy atom. The molecule has 0 radical (unpaired) electrons. The van der Waals surface area contributed by atoms with Crippen molar-refractivity contribution in [2.75, 3.05) is 39.9 Å². The molecule has 1 unspecified atom stereocenters. The first-order chi connectivity index (χ1) is 21.0. The van der Waals surface area contributed by atoms with Crippen LogP contribution in [0.25, 0.3) is 11.0 Å². The highest BCUT2D eigenvalue weighted by Gasteiger charge is 2.41. The van der Waals surface area contributed by atoms with Gasteiger partial charge in [0.15, 0.2) is 0 Å². The van der Waals surface area contributed by atoms with E-state index in [1.54, 1.807) is 30.3 Å². The third-order valence-corrected chi connectivity index (χ3v) is 8.44. The normalized spacial score (nSPS) is 20.5. The second-order valence-corrected chi connectivity index (χ2v) is 11.3. The number of hydrogen-bond donors (Lipinski definition) is 1. The van der Waals surface area contributed by atoms with Gasteiger partial charge in [-0.2, -0.15) is 0 Å². The Bertz CT molecular complexity index is 1570. The number of ether oxygens (including phenoxy) is 2. The number of pyridine rings is 1. The van der Waals surface area contributed by atoms with Gasteiger partial charge in [-0.3, -0.25) is 9.59 Å². The molecular weight excluding hydrogens is 544 g/mol. The van der Waals surface area contributed by atoms with Crippen LogP contribution in [-0.4, -0.2) is 82.1 Å². The lowest BCUT2D eigenvalue weighted by molar-refractivity contribution is -0.136. The maximum Gasteiger partial charge on any atom is 0.259 e. The minimum atomic E-state index is -0.474. The van der Waals surface area contributed by atoms with E-state index in [0.29, 0.717) is 37.6 Å². The topological polar surface area (TPSA) is 116 Å². The Labute approximate surface area is 251 Å². The first kappa shape index (κ1) is 28.8. The third-order valence-electron chi connectivity index (χ3n) is 8.44. The summed E-state index contributed by atoms with van der Waals surface area (Å²) in [6, 6.07) is 20.4. The summed E-state index contributed by atoms with van der Waals surface area (Å²) in [5.74, 6) is 1.24. The number of amides is 2. The fourth-order valence-electron chi connectivity index (χ4n) is 6.29. The van der Waals surface area contributed by atoms with Crippen molar-refractivity contribution in [2.24, 2.45) is 11.7 Å². The van der Waals surface area contributed by atoms with E-state index in [1.807, 2.05) is 53.4 Å². The van der Waals surface area contributed by atoms with Gasteiger partial charge in [-0.05, 0) is 55.7 Å². The summed E-state index contributed by atoms with van der Waals surface area (Å²) in [5.41, 5.74) is 8.95. The van der Waals surface area contributed by atoms with Gasteiger partial charge in [0.05, 0.1) is 17.0 Å². The molecule has 0 spiro atoms. The average Bonchev–Trinajstić information content (AvgIpc) is 3.62. The lowest BCUT2D eigenvalue weighted by atomic mass is 9.94. The minimum absolute atomic E-state index is 0.00138. The zero-order chi connectivity index (χ0) is 29.8. The summed E-state index contributed by atoms with van der Waals surface area (Å²) >= 11 is 0. The lowest BCUT2D eigenvalue weighted by Crippen LogP contribution is -2.47. The van der Waals surface area contributed by atoms with Crippen LogP contribution >= 0.6 is 0 Å². The second kappa shape index (κ2) is 12.9. The van der Waals surface area contributed by atoms with Gasteiger partial charge < -0.3 is 29.6 Å². The summed E-state index contributed by atoms with van der Waals surface area (Å²) in [6.45, 7) is 3.30. The van der Waals surface area contributed by atoms with E-state index in [0.717, 1.165) is 42.7 Å². The van der Waals surface area contributed by atoms with Crippen LogP contribution in [0.1, 0.15) is 41.4 Å². The maximum absolute atomic E-state index is 13.9. The highest BCUT2D eigenvalue weighted by atomic mass is 16.5. The van der Waals surface area contributed by atoms with Gasteiger partial charge in [0.2, 0.25) is 11.8 Å². The van der Waals surface area contributed by atoms with Gasteiger partial charge in [-0.25, -0.2) is 9.97 Å². The van der Waals surface area contributed by atoms with E-state index in [-0.39, 0.29) is 30.2 Å². The number of rotatable bonds is 9. The first-order valence-corrected chi connectivity index (χ1v) is 15.0. The number of carbonyl (C=O) groups is 2. The van der Waals surface area contributed by atoms with E-state index < -0.39 is 12.0 Å². The highest BCUT2D eigenvalue weighted by Crippen LogP contribution is 2.32. The number of aryl methyl sites for hydroxylation is 1. The molecule has 2 aromatic heterocycles. The van der Waals surface area contributed by atoms with Gasteiger partial charge in [0.25, 0.3) is 5.91 Å². The molecule has 43 heavy (non-hydrogen) atoms. The number of aromatic nitrogens is 3. The van der Waals surface area contributed by atoms with Crippen LogP contribution in [0.2, 0.25) is 0 Å². The molecule has 0 saturated carbocycles. The quantitative estimate of drug-likeness (QED) is 0.296.